The highest BCUT2D eigenvalue weighted by molar-refractivity contribution is 5.89. The number of hydrogen-bond donors (Lipinski definition) is 2. The summed E-state index contributed by atoms with van der Waals surface area (Å²) in [4.78, 5) is 13.0. The second-order valence-corrected chi connectivity index (χ2v) is 10.5. The van der Waals surface area contributed by atoms with Crippen molar-refractivity contribution in [2.45, 2.75) is 70.6 Å². The Kier molecular flexibility index (Phi) is 9.65. The number of nitrogens with two attached hydrogens (primary N) is 1. The van der Waals surface area contributed by atoms with Crippen LogP contribution in [0.3, 0.4) is 0 Å². The van der Waals surface area contributed by atoms with Gasteiger partial charge in [-0.15, -0.1) is 0 Å². The first-order valence-corrected chi connectivity index (χ1v) is 13.4. The number of benzene rings is 2. The Morgan fingerprint density at radius 2 is 1.88 bits per heavy atom. The van der Waals surface area contributed by atoms with Crippen molar-refractivity contribution in [1.29, 1.82) is 0 Å². The number of carbonyl (C=O) groups excluding carboxylic acids is 1. The van der Waals surface area contributed by atoms with Crippen molar-refractivity contribution < 1.29 is 38.3 Å². The van der Waals surface area contributed by atoms with E-state index in [1.165, 1.54) is 7.11 Å². The van der Waals surface area contributed by atoms with Gasteiger partial charge >= 0.3 is 5.97 Å². The van der Waals surface area contributed by atoms with Crippen LogP contribution in [0, 0.1) is 5.92 Å². The van der Waals surface area contributed by atoms with Crippen molar-refractivity contribution in [2.75, 3.05) is 19.6 Å². The van der Waals surface area contributed by atoms with Gasteiger partial charge in [0.15, 0.2) is 18.9 Å². The van der Waals surface area contributed by atoms with Crippen LogP contribution in [0.1, 0.15) is 61.9 Å². The molecule has 0 aliphatic carbocycles. The highest BCUT2D eigenvalue weighted by atomic mass is 16.8. The number of methoxy groups -OCH3 is 1. The van der Waals surface area contributed by atoms with Crippen molar-refractivity contribution >= 4 is 17.7 Å². The van der Waals surface area contributed by atoms with Gasteiger partial charge in [-0.2, -0.15) is 0 Å². The Balaban J connectivity index is 1.72. The van der Waals surface area contributed by atoms with Gasteiger partial charge in [0, 0.05) is 24.8 Å². The summed E-state index contributed by atoms with van der Waals surface area (Å²) in [6, 6.07) is 12.2. The first-order chi connectivity index (χ1) is 19.1. The summed E-state index contributed by atoms with van der Waals surface area (Å²) in [5, 5.41) is 11.2. The summed E-state index contributed by atoms with van der Waals surface area (Å²) in [6.07, 6.45) is 4.46. The molecule has 0 radical (unpaired) electrons. The number of hydrogen-bond acceptors (Lipinski definition) is 9. The smallest absolute Gasteiger partial charge is 0.338 e. The Morgan fingerprint density at radius 1 is 1.12 bits per heavy atom. The van der Waals surface area contributed by atoms with Gasteiger partial charge in [-0.1, -0.05) is 43.4 Å². The van der Waals surface area contributed by atoms with E-state index in [0.29, 0.717) is 34.5 Å². The summed E-state index contributed by atoms with van der Waals surface area (Å²) in [5.74, 6) is -1.15. The molecule has 1 saturated heterocycles. The number of ether oxygens (including phenoxy) is 6. The molecule has 2 heterocycles. The van der Waals surface area contributed by atoms with Crippen molar-refractivity contribution in [3.63, 3.8) is 0 Å². The Morgan fingerprint density at radius 3 is 2.60 bits per heavy atom. The molecule has 1 fully saturated rings. The average Bonchev–Trinajstić information content (AvgIpc) is 3.22. The monoisotopic (exact) mass is 553 g/mol. The van der Waals surface area contributed by atoms with Gasteiger partial charge in [0.25, 0.3) is 0 Å². The Bertz CT molecular complexity index is 1210. The lowest BCUT2D eigenvalue weighted by Gasteiger charge is -2.27. The molecule has 0 aromatic heterocycles. The van der Waals surface area contributed by atoms with Crippen molar-refractivity contribution in [1.82, 2.24) is 0 Å². The number of aliphatic hydroxyl groups excluding tert-OH is 1. The number of fused-ring (bicyclic) bond motifs is 2. The third kappa shape index (κ3) is 7.30. The number of carbonyl (C=O) groups is 1. The van der Waals surface area contributed by atoms with Gasteiger partial charge in [0.05, 0.1) is 23.3 Å². The molecular weight excluding hydrogens is 514 g/mol. The SMILES string of the molecule is COCOc1cc(N)cc2c1[C@@H](O)O[C@@H](C)[C@H](C)/C=C\C(OC(=O)c1ccccc1)[C@H]1OC(C)(C)O[C@H]1CC=C2. The minimum Gasteiger partial charge on any atom is -0.467 e. The molecule has 216 valence electrons. The standard InChI is InChI=1S/C31H39NO8/c1-19-14-15-24(38-29(33)21-10-7-6-8-11-21)28-25(39-31(3,4)40-28)13-9-12-22-16-23(32)17-26(36-18-35-5)27(22)30(34)37-20(19)2/h6-12,14-17,19-20,24-25,28,30,34H,13,18,32H2,1-5H3/b12-9?,15-14-/t19-,20+,24?,25+,28-,30+/m1/s1. The van der Waals surface area contributed by atoms with Crippen LogP contribution in [-0.4, -0.2) is 55.2 Å². The molecule has 2 aromatic rings. The van der Waals surface area contributed by atoms with Gasteiger partial charge < -0.3 is 39.3 Å². The fourth-order valence-electron chi connectivity index (χ4n) is 4.79. The van der Waals surface area contributed by atoms with Gasteiger partial charge in [-0.3, -0.25) is 0 Å². The molecule has 9 nitrogen and oxygen atoms in total. The second-order valence-electron chi connectivity index (χ2n) is 10.5. The lowest BCUT2D eigenvalue weighted by molar-refractivity contribution is -0.153. The minimum atomic E-state index is -1.30. The fraction of sp³-hybridized carbons (Fsp3) is 0.452. The molecule has 40 heavy (non-hydrogen) atoms. The van der Waals surface area contributed by atoms with E-state index in [2.05, 4.69) is 0 Å². The van der Waals surface area contributed by atoms with Crippen molar-refractivity contribution in [2.24, 2.45) is 5.92 Å². The van der Waals surface area contributed by atoms with E-state index in [-0.39, 0.29) is 12.7 Å². The van der Waals surface area contributed by atoms with Crippen LogP contribution in [-0.2, 0) is 23.7 Å². The lowest BCUT2D eigenvalue weighted by Crippen LogP contribution is -2.37. The molecule has 0 saturated carbocycles. The third-order valence-electron chi connectivity index (χ3n) is 6.93. The summed E-state index contributed by atoms with van der Waals surface area (Å²) in [7, 11) is 1.51. The first kappa shape index (κ1) is 29.8. The van der Waals surface area contributed by atoms with Gasteiger partial charge in [0.2, 0.25) is 0 Å². The number of anilines is 1. The molecule has 0 amide bonds. The van der Waals surface area contributed by atoms with Gasteiger partial charge in [-0.05, 0) is 57.0 Å². The summed E-state index contributed by atoms with van der Waals surface area (Å²) in [6.45, 7) is 7.46. The van der Waals surface area contributed by atoms with Crippen LogP contribution in [0.2, 0.25) is 0 Å². The van der Waals surface area contributed by atoms with E-state index in [1.54, 1.807) is 36.4 Å². The zero-order valence-electron chi connectivity index (χ0n) is 23.6. The molecule has 9 heteroatoms. The average molecular weight is 554 g/mol. The predicted molar refractivity (Wildman–Crippen MR) is 150 cm³/mol. The molecule has 6 atom stereocenters. The highest BCUT2D eigenvalue weighted by Crippen LogP contribution is 2.37. The number of aliphatic hydroxyl groups is 1. The van der Waals surface area contributed by atoms with Crippen LogP contribution in [0.5, 0.6) is 5.75 Å². The highest BCUT2D eigenvalue weighted by Gasteiger charge is 2.45. The number of esters is 1. The molecule has 2 aliphatic heterocycles. The van der Waals surface area contributed by atoms with E-state index >= 15 is 0 Å². The summed E-state index contributed by atoms with van der Waals surface area (Å²) < 4.78 is 35.4. The fourth-order valence-corrected chi connectivity index (χ4v) is 4.79. The van der Waals surface area contributed by atoms with Crippen LogP contribution in [0.15, 0.2) is 60.7 Å². The van der Waals surface area contributed by atoms with Crippen LogP contribution in [0.4, 0.5) is 5.69 Å². The molecule has 4 rings (SSSR count). The quantitative estimate of drug-likeness (QED) is 0.228. The number of nitrogen functional groups attached to an aromatic ring is 1. The van der Waals surface area contributed by atoms with Crippen LogP contribution in [0.25, 0.3) is 6.08 Å². The molecule has 3 N–H and O–H groups in total. The summed E-state index contributed by atoms with van der Waals surface area (Å²) >= 11 is 0. The minimum absolute atomic E-state index is 0.0197. The molecule has 2 aliphatic rings. The largest absolute Gasteiger partial charge is 0.467 e. The van der Waals surface area contributed by atoms with E-state index < -0.39 is 42.5 Å². The lowest BCUT2D eigenvalue weighted by atomic mass is 9.98. The topological polar surface area (TPSA) is 119 Å². The molecule has 0 bridgehead atoms. The second kappa shape index (κ2) is 13.0. The van der Waals surface area contributed by atoms with Crippen LogP contribution < -0.4 is 10.5 Å². The molecule has 0 spiro atoms. The Hall–Kier alpha value is -3.21. The van der Waals surface area contributed by atoms with Gasteiger partial charge in [0.1, 0.15) is 18.0 Å². The van der Waals surface area contributed by atoms with E-state index in [0.717, 1.165) is 0 Å². The molecule has 2 aromatic carbocycles. The first-order valence-electron chi connectivity index (χ1n) is 13.4. The third-order valence-corrected chi connectivity index (χ3v) is 6.93. The maximum Gasteiger partial charge on any atom is 0.338 e. The zero-order valence-corrected chi connectivity index (χ0v) is 23.6. The summed E-state index contributed by atoms with van der Waals surface area (Å²) in [5.41, 5.74) is 8.14. The van der Waals surface area contributed by atoms with E-state index in [1.807, 2.05) is 58.1 Å². The molecule has 1 unspecified atom stereocenters. The maximum atomic E-state index is 13.0. The molecular formula is C31H39NO8. The number of rotatable bonds is 5. The van der Waals surface area contributed by atoms with Gasteiger partial charge in [-0.25, -0.2) is 4.79 Å². The van der Waals surface area contributed by atoms with Crippen molar-refractivity contribution in [3.8, 4) is 5.75 Å². The van der Waals surface area contributed by atoms with Crippen LogP contribution >= 0.6 is 0 Å². The normalized spacial score (nSPS) is 29.1. The Labute approximate surface area is 235 Å². The predicted octanol–water partition coefficient (Wildman–Crippen LogP) is 5.00. The zero-order chi connectivity index (χ0) is 28.9. The van der Waals surface area contributed by atoms with E-state index in [4.69, 9.17) is 34.2 Å². The van der Waals surface area contributed by atoms with Crippen molar-refractivity contribution in [3.05, 3.63) is 77.4 Å². The van der Waals surface area contributed by atoms with E-state index in [9.17, 15) is 9.90 Å². The maximum absolute atomic E-state index is 13.0.